The Morgan fingerprint density at radius 1 is 1.05 bits per heavy atom. The molecule has 1 aromatic heterocycles. The molecule has 37 heavy (non-hydrogen) atoms. The maximum absolute atomic E-state index is 14.9. The van der Waals surface area contributed by atoms with Crippen LogP contribution >= 0.6 is 11.6 Å². The Morgan fingerprint density at radius 3 is 2.43 bits per heavy atom. The highest BCUT2D eigenvalue weighted by Gasteiger charge is 2.28. The van der Waals surface area contributed by atoms with Crippen molar-refractivity contribution in [3.05, 3.63) is 59.1 Å². The van der Waals surface area contributed by atoms with E-state index in [4.69, 9.17) is 16.3 Å². The fraction of sp³-hybridized carbons (Fsp3) is 0.333. The molecule has 2 amide bonds. The number of piperazine rings is 1. The van der Waals surface area contributed by atoms with E-state index in [-0.39, 0.29) is 11.8 Å². The zero-order chi connectivity index (χ0) is 26.1. The summed E-state index contributed by atoms with van der Waals surface area (Å²) in [7, 11) is 3.36. The number of ether oxygens (including phenoxy) is 1. The maximum atomic E-state index is 14.9. The summed E-state index contributed by atoms with van der Waals surface area (Å²) in [5.74, 6) is -0.571. The molecule has 2 N–H and O–H groups in total. The predicted molar refractivity (Wildman–Crippen MR) is 143 cm³/mol. The molecule has 0 atom stereocenters. The average molecular weight is 526 g/mol. The lowest BCUT2D eigenvalue weighted by atomic mass is 9.97. The zero-order valence-electron chi connectivity index (χ0n) is 20.8. The maximum Gasteiger partial charge on any atom is 0.324 e. The molecule has 0 spiro atoms. The lowest BCUT2D eigenvalue weighted by molar-refractivity contribution is 0.181. The number of methoxy groups -OCH3 is 1. The lowest BCUT2D eigenvalue weighted by Gasteiger charge is -2.31. The summed E-state index contributed by atoms with van der Waals surface area (Å²) in [5.41, 5.74) is 4.04. The van der Waals surface area contributed by atoms with Gasteiger partial charge in [0.1, 0.15) is 11.6 Å². The fourth-order valence-electron chi connectivity index (χ4n) is 4.86. The normalized spacial score (nSPS) is 16.1. The Hall–Kier alpha value is -3.40. The standard InChI is InChI=1S/C27H29ClFN5O3/c1-32-9-10-34(27(32)36)24-4-3-17(11-22(24)28)20-13-19(29)14-21(26(20)35)18-12-25(23(16-37-2)31-15-18)33-7-5-30-6-8-33/h3-4,11-15,30,35H,5-10,16H2,1-2H3. The van der Waals surface area contributed by atoms with Crippen molar-refractivity contribution in [2.24, 2.45) is 0 Å². The number of aromatic hydroxyl groups is 1. The number of phenolic OH excluding ortho intramolecular Hbond substituents is 1. The van der Waals surface area contributed by atoms with Gasteiger partial charge in [-0.3, -0.25) is 9.88 Å². The third-order valence-corrected chi connectivity index (χ3v) is 7.14. The van der Waals surface area contributed by atoms with Gasteiger partial charge in [-0.1, -0.05) is 17.7 Å². The van der Waals surface area contributed by atoms with E-state index in [1.165, 1.54) is 12.1 Å². The number of nitrogens with one attached hydrogen (secondary N) is 1. The first-order valence-electron chi connectivity index (χ1n) is 12.2. The number of carbonyl (C=O) groups excluding carboxylic acids is 1. The minimum absolute atomic E-state index is 0.0743. The van der Waals surface area contributed by atoms with Crippen LogP contribution in [0.5, 0.6) is 5.75 Å². The van der Waals surface area contributed by atoms with Crippen molar-refractivity contribution >= 4 is 29.0 Å². The lowest BCUT2D eigenvalue weighted by Crippen LogP contribution is -2.44. The Bertz CT molecular complexity index is 1330. The summed E-state index contributed by atoms with van der Waals surface area (Å²) in [4.78, 5) is 22.4. The number of anilines is 2. The van der Waals surface area contributed by atoms with Gasteiger partial charge >= 0.3 is 6.03 Å². The zero-order valence-corrected chi connectivity index (χ0v) is 21.6. The van der Waals surface area contributed by atoms with Crippen LogP contribution in [-0.4, -0.2) is 74.4 Å². The second kappa shape index (κ2) is 10.5. The average Bonchev–Trinajstić information content (AvgIpc) is 3.23. The number of nitrogens with zero attached hydrogens (tertiary/aromatic N) is 4. The van der Waals surface area contributed by atoms with Crippen LogP contribution < -0.4 is 15.1 Å². The molecule has 2 fully saturated rings. The Labute approximate surface area is 220 Å². The van der Waals surface area contributed by atoms with Gasteiger partial charge < -0.3 is 25.0 Å². The van der Waals surface area contributed by atoms with E-state index in [2.05, 4.69) is 15.2 Å². The summed E-state index contributed by atoms with van der Waals surface area (Å²) < 4.78 is 20.2. The Balaban J connectivity index is 1.54. The molecule has 8 nitrogen and oxygen atoms in total. The second-order valence-corrected chi connectivity index (χ2v) is 9.64. The predicted octanol–water partition coefficient (Wildman–Crippen LogP) is 4.34. The molecule has 0 bridgehead atoms. The van der Waals surface area contributed by atoms with Crippen LogP contribution in [0.15, 0.2) is 42.6 Å². The molecule has 5 rings (SSSR count). The second-order valence-electron chi connectivity index (χ2n) is 9.23. The number of rotatable bonds is 6. The van der Waals surface area contributed by atoms with Crippen molar-refractivity contribution in [1.82, 2.24) is 15.2 Å². The van der Waals surface area contributed by atoms with E-state index in [1.807, 2.05) is 6.07 Å². The number of urea groups is 1. The van der Waals surface area contributed by atoms with E-state index in [9.17, 15) is 14.3 Å². The number of amides is 2. The molecule has 0 radical (unpaired) electrons. The van der Waals surface area contributed by atoms with Gasteiger partial charge in [-0.25, -0.2) is 9.18 Å². The molecule has 2 saturated heterocycles. The van der Waals surface area contributed by atoms with Gasteiger partial charge in [0.2, 0.25) is 0 Å². The molecule has 3 heterocycles. The first kappa shape index (κ1) is 25.3. The number of phenols is 1. The van der Waals surface area contributed by atoms with E-state index >= 15 is 0 Å². The number of hydrogen-bond acceptors (Lipinski definition) is 6. The van der Waals surface area contributed by atoms with Gasteiger partial charge in [-0.15, -0.1) is 0 Å². The quantitative estimate of drug-likeness (QED) is 0.498. The smallest absolute Gasteiger partial charge is 0.324 e. The van der Waals surface area contributed by atoms with Crippen LogP contribution in [0.1, 0.15) is 5.69 Å². The van der Waals surface area contributed by atoms with Gasteiger partial charge in [0.25, 0.3) is 0 Å². The van der Waals surface area contributed by atoms with Gasteiger partial charge in [0.15, 0.2) is 0 Å². The van der Waals surface area contributed by atoms with Crippen molar-refractivity contribution in [1.29, 1.82) is 0 Å². The fourth-order valence-corrected chi connectivity index (χ4v) is 5.14. The molecular weight excluding hydrogens is 497 g/mol. The molecule has 0 unspecified atom stereocenters. The number of pyridine rings is 1. The highest BCUT2D eigenvalue weighted by Crippen LogP contribution is 2.42. The van der Waals surface area contributed by atoms with Crippen LogP contribution in [0, 0.1) is 5.82 Å². The minimum Gasteiger partial charge on any atom is -0.507 e. The van der Waals surface area contributed by atoms with Crippen LogP contribution in [0.3, 0.4) is 0 Å². The van der Waals surface area contributed by atoms with Crippen LogP contribution in [0.4, 0.5) is 20.6 Å². The molecule has 2 aliphatic rings. The minimum atomic E-state index is -0.496. The third-order valence-electron chi connectivity index (χ3n) is 6.84. The molecule has 0 saturated carbocycles. The molecule has 194 valence electrons. The molecule has 10 heteroatoms. The molecule has 2 aromatic carbocycles. The van der Waals surface area contributed by atoms with Crippen molar-refractivity contribution < 1.29 is 19.0 Å². The summed E-state index contributed by atoms with van der Waals surface area (Å²) in [6.45, 7) is 4.80. The molecule has 2 aliphatic heterocycles. The largest absolute Gasteiger partial charge is 0.507 e. The topological polar surface area (TPSA) is 81.2 Å². The highest BCUT2D eigenvalue weighted by atomic mass is 35.5. The van der Waals surface area contributed by atoms with Crippen molar-refractivity contribution in [3.8, 4) is 28.0 Å². The van der Waals surface area contributed by atoms with Crippen LogP contribution in [0.2, 0.25) is 5.02 Å². The van der Waals surface area contributed by atoms with Crippen molar-refractivity contribution in [3.63, 3.8) is 0 Å². The number of hydrogen-bond donors (Lipinski definition) is 2. The Morgan fingerprint density at radius 2 is 1.78 bits per heavy atom. The third kappa shape index (κ3) is 4.94. The Kier molecular flexibility index (Phi) is 7.19. The molecule has 0 aliphatic carbocycles. The summed E-state index contributed by atoms with van der Waals surface area (Å²) in [6.07, 6.45) is 1.63. The molecular formula is C27H29ClFN5O3. The number of benzene rings is 2. The van der Waals surface area contributed by atoms with E-state index in [0.717, 1.165) is 37.6 Å². The van der Waals surface area contributed by atoms with E-state index in [1.54, 1.807) is 48.4 Å². The SMILES string of the molecule is COCc1ncc(-c2cc(F)cc(-c3ccc(N4CCN(C)C4=O)c(Cl)c3)c2O)cc1N1CCNCC1. The van der Waals surface area contributed by atoms with Gasteiger partial charge in [-0.2, -0.15) is 0 Å². The number of halogens is 2. The first-order valence-corrected chi connectivity index (χ1v) is 12.5. The number of likely N-dealkylation sites (N-methyl/N-ethyl adjacent to an activating group) is 1. The van der Waals surface area contributed by atoms with Gasteiger partial charge in [-0.05, 0) is 35.9 Å². The van der Waals surface area contributed by atoms with Gasteiger partial charge in [0, 0.05) is 76.3 Å². The van der Waals surface area contributed by atoms with Crippen molar-refractivity contribution in [2.75, 3.05) is 63.2 Å². The van der Waals surface area contributed by atoms with Crippen LogP contribution in [-0.2, 0) is 11.3 Å². The number of carbonyl (C=O) groups is 1. The summed E-state index contributed by atoms with van der Waals surface area (Å²) in [6, 6.07) is 9.49. The summed E-state index contributed by atoms with van der Waals surface area (Å²) >= 11 is 6.55. The van der Waals surface area contributed by atoms with Crippen LogP contribution in [0.25, 0.3) is 22.3 Å². The first-order chi connectivity index (χ1) is 17.9. The highest BCUT2D eigenvalue weighted by molar-refractivity contribution is 6.34. The molecule has 3 aromatic rings. The monoisotopic (exact) mass is 525 g/mol. The van der Waals surface area contributed by atoms with E-state index in [0.29, 0.717) is 52.7 Å². The summed E-state index contributed by atoms with van der Waals surface area (Å²) in [5, 5.41) is 15.0. The van der Waals surface area contributed by atoms with Crippen molar-refractivity contribution in [2.45, 2.75) is 6.61 Å². The van der Waals surface area contributed by atoms with Gasteiger partial charge in [0.05, 0.1) is 28.7 Å². The number of aromatic nitrogens is 1. The van der Waals surface area contributed by atoms with E-state index < -0.39 is 5.82 Å².